The van der Waals surface area contributed by atoms with Crippen LogP contribution < -0.4 is 14.8 Å². The lowest BCUT2D eigenvalue weighted by Gasteiger charge is -2.15. The lowest BCUT2D eigenvalue weighted by atomic mass is 10.1. The van der Waals surface area contributed by atoms with E-state index in [1.54, 1.807) is 12.1 Å². The van der Waals surface area contributed by atoms with Crippen LogP contribution in [0.5, 0.6) is 5.75 Å². The zero-order valence-corrected chi connectivity index (χ0v) is 15.7. The van der Waals surface area contributed by atoms with Gasteiger partial charge in [-0.15, -0.1) is 0 Å². The molecule has 0 unspecified atom stereocenters. The highest BCUT2D eigenvalue weighted by Gasteiger charge is 2.23. The van der Waals surface area contributed by atoms with Crippen molar-refractivity contribution >= 4 is 27.3 Å². The average molecular weight is 392 g/mol. The van der Waals surface area contributed by atoms with Crippen LogP contribution in [0.4, 0.5) is 15.8 Å². The molecule has 0 bridgehead atoms. The monoisotopic (exact) mass is 392 g/mol. The highest BCUT2D eigenvalue weighted by molar-refractivity contribution is 7.92. The van der Waals surface area contributed by atoms with E-state index < -0.39 is 15.8 Å². The number of methoxy groups -OCH3 is 1. The first-order chi connectivity index (χ1) is 12.9. The van der Waals surface area contributed by atoms with Crippen LogP contribution in [-0.4, -0.2) is 21.4 Å². The maximum atomic E-state index is 13.0. The second-order valence-electron chi connectivity index (χ2n) is 6.45. The third-order valence-corrected chi connectivity index (χ3v) is 5.94. The van der Waals surface area contributed by atoms with Gasteiger partial charge in [0, 0.05) is 11.6 Å². The molecule has 1 aliphatic carbocycles. The van der Waals surface area contributed by atoms with Gasteiger partial charge in [0.15, 0.2) is 0 Å². The first-order valence-electron chi connectivity index (χ1n) is 8.66. The molecule has 2 aromatic rings. The zero-order chi connectivity index (χ0) is 19.4. The molecule has 0 aliphatic heterocycles. The number of halogens is 1. The van der Waals surface area contributed by atoms with Crippen LogP contribution in [0.2, 0.25) is 0 Å². The number of carbonyl (C=O) groups excluding carboxylic acids is 1. The maximum absolute atomic E-state index is 13.0. The van der Waals surface area contributed by atoms with Crippen molar-refractivity contribution in [3.63, 3.8) is 0 Å². The molecule has 3 rings (SSSR count). The molecule has 0 saturated heterocycles. The number of hydrogen-bond acceptors (Lipinski definition) is 4. The van der Waals surface area contributed by atoms with Crippen molar-refractivity contribution in [1.82, 2.24) is 0 Å². The fraction of sp³-hybridized carbons (Fsp3) is 0.316. The number of benzene rings is 2. The molecule has 0 spiro atoms. The Hall–Kier alpha value is -2.61. The largest absolute Gasteiger partial charge is 0.495 e. The SMILES string of the molecule is COc1ccc(NC(=O)C2CCCC2)cc1NS(=O)(=O)c1ccc(F)cc1. The second kappa shape index (κ2) is 7.96. The average Bonchev–Trinajstić information content (AvgIpc) is 3.17. The van der Waals surface area contributed by atoms with Gasteiger partial charge in [-0.3, -0.25) is 9.52 Å². The van der Waals surface area contributed by atoms with Crippen molar-refractivity contribution < 1.29 is 22.3 Å². The molecule has 1 fully saturated rings. The van der Waals surface area contributed by atoms with E-state index in [1.165, 1.54) is 25.3 Å². The Kier molecular flexibility index (Phi) is 5.65. The molecule has 2 aromatic carbocycles. The van der Waals surface area contributed by atoms with Gasteiger partial charge >= 0.3 is 0 Å². The molecule has 6 nitrogen and oxygen atoms in total. The Labute approximate surface area is 157 Å². The summed E-state index contributed by atoms with van der Waals surface area (Å²) < 4.78 is 45.8. The summed E-state index contributed by atoms with van der Waals surface area (Å²) in [6.45, 7) is 0. The van der Waals surface area contributed by atoms with E-state index in [0.29, 0.717) is 11.4 Å². The second-order valence-corrected chi connectivity index (χ2v) is 8.13. The summed E-state index contributed by atoms with van der Waals surface area (Å²) in [4.78, 5) is 12.2. The lowest BCUT2D eigenvalue weighted by Crippen LogP contribution is -2.20. The van der Waals surface area contributed by atoms with E-state index in [9.17, 15) is 17.6 Å². The Morgan fingerprint density at radius 3 is 2.41 bits per heavy atom. The smallest absolute Gasteiger partial charge is 0.262 e. The quantitative estimate of drug-likeness (QED) is 0.784. The van der Waals surface area contributed by atoms with E-state index >= 15 is 0 Å². The van der Waals surface area contributed by atoms with Gasteiger partial charge in [-0.25, -0.2) is 12.8 Å². The van der Waals surface area contributed by atoms with Gasteiger partial charge in [0.1, 0.15) is 11.6 Å². The summed E-state index contributed by atoms with van der Waals surface area (Å²) in [5.74, 6) is -0.292. The summed E-state index contributed by atoms with van der Waals surface area (Å²) in [5, 5.41) is 2.83. The number of carbonyl (C=O) groups is 1. The molecule has 2 N–H and O–H groups in total. The molecule has 1 aliphatic rings. The van der Waals surface area contributed by atoms with E-state index in [-0.39, 0.29) is 22.4 Å². The van der Waals surface area contributed by atoms with Crippen molar-refractivity contribution in [1.29, 1.82) is 0 Å². The Morgan fingerprint density at radius 2 is 1.78 bits per heavy atom. The number of ether oxygens (including phenoxy) is 1. The summed E-state index contributed by atoms with van der Waals surface area (Å²) in [6, 6.07) is 9.24. The van der Waals surface area contributed by atoms with Crippen LogP contribution >= 0.6 is 0 Å². The lowest BCUT2D eigenvalue weighted by molar-refractivity contribution is -0.119. The van der Waals surface area contributed by atoms with Crippen LogP contribution in [0.15, 0.2) is 47.4 Å². The molecule has 8 heteroatoms. The molecule has 0 radical (unpaired) electrons. The van der Waals surface area contributed by atoms with E-state index in [2.05, 4.69) is 10.0 Å². The third-order valence-electron chi connectivity index (χ3n) is 4.56. The molecule has 27 heavy (non-hydrogen) atoms. The minimum Gasteiger partial charge on any atom is -0.495 e. The number of rotatable bonds is 6. The molecular weight excluding hydrogens is 371 g/mol. The predicted molar refractivity (Wildman–Crippen MR) is 101 cm³/mol. The normalized spacial score (nSPS) is 14.7. The topological polar surface area (TPSA) is 84.5 Å². The maximum Gasteiger partial charge on any atom is 0.262 e. The van der Waals surface area contributed by atoms with Crippen molar-refractivity contribution in [2.45, 2.75) is 30.6 Å². The molecule has 0 aromatic heterocycles. The van der Waals surface area contributed by atoms with Gasteiger partial charge in [0.25, 0.3) is 10.0 Å². The first-order valence-corrected chi connectivity index (χ1v) is 10.1. The number of anilines is 2. The van der Waals surface area contributed by atoms with Gasteiger partial charge in [0.05, 0.1) is 17.7 Å². The number of hydrogen-bond donors (Lipinski definition) is 2. The number of amides is 1. The summed E-state index contributed by atoms with van der Waals surface area (Å²) in [7, 11) is -2.51. The highest BCUT2D eigenvalue weighted by Crippen LogP contribution is 2.31. The van der Waals surface area contributed by atoms with E-state index in [0.717, 1.165) is 37.8 Å². The van der Waals surface area contributed by atoms with Crippen LogP contribution in [-0.2, 0) is 14.8 Å². The Morgan fingerprint density at radius 1 is 1.11 bits per heavy atom. The van der Waals surface area contributed by atoms with E-state index in [1.807, 2.05) is 0 Å². The van der Waals surface area contributed by atoms with Gasteiger partial charge in [-0.05, 0) is 55.3 Å². The Balaban J connectivity index is 1.82. The van der Waals surface area contributed by atoms with Gasteiger partial charge < -0.3 is 10.1 Å². The van der Waals surface area contributed by atoms with Crippen LogP contribution in [0.25, 0.3) is 0 Å². The zero-order valence-electron chi connectivity index (χ0n) is 14.9. The molecule has 1 saturated carbocycles. The molecule has 0 atom stereocenters. The van der Waals surface area contributed by atoms with Gasteiger partial charge in [0.2, 0.25) is 5.91 Å². The first kappa shape index (κ1) is 19.2. The number of sulfonamides is 1. The minimum absolute atomic E-state index is 0.00791. The van der Waals surface area contributed by atoms with Gasteiger partial charge in [-0.2, -0.15) is 0 Å². The summed E-state index contributed by atoms with van der Waals surface area (Å²) >= 11 is 0. The fourth-order valence-corrected chi connectivity index (χ4v) is 4.18. The number of nitrogens with one attached hydrogen (secondary N) is 2. The van der Waals surface area contributed by atoms with Crippen molar-refractivity contribution in [2.24, 2.45) is 5.92 Å². The standard InChI is InChI=1S/C19H21FN2O4S/c1-26-18-11-8-15(21-19(23)13-4-2-3-5-13)12-17(18)22-27(24,25)16-9-6-14(20)7-10-16/h6-13,22H,2-5H2,1H3,(H,21,23). The molecule has 1 amide bonds. The summed E-state index contributed by atoms with van der Waals surface area (Å²) in [5.41, 5.74) is 0.663. The van der Waals surface area contributed by atoms with Crippen molar-refractivity contribution in [2.75, 3.05) is 17.1 Å². The molecule has 0 heterocycles. The third kappa shape index (κ3) is 4.57. The molecule has 144 valence electrons. The van der Waals surface area contributed by atoms with E-state index in [4.69, 9.17) is 4.74 Å². The Bertz CT molecular complexity index is 923. The van der Waals surface area contributed by atoms with Crippen LogP contribution in [0, 0.1) is 11.7 Å². The predicted octanol–water partition coefficient (Wildman–Crippen LogP) is 3.76. The van der Waals surface area contributed by atoms with Gasteiger partial charge in [-0.1, -0.05) is 12.8 Å². The highest BCUT2D eigenvalue weighted by atomic mass is 32.2. The van der Waals surface area contributed by atoms with Crippen LogP contribution in [0.3, 0.4) is 0 Å². The van der Waals surface area contributed by atoms with Crippen molar-refractivity contribution in [3.8, 4) is 5.75 Å². The van der Waals surface area contributed by atoms with Crippen molar-refractivity contribution in [3.05, 3.63) is 48.3 Å². The van der Waals surface area contributed by atoms with Crippen LogP contribution in [0.1, 0.15) is 25.7 Å². The summed E-state index contributed by atoms with van der Waals surface area (Å²) in [6.07, 6.45) is 3.82. The minimum atomic E-state index is -3.93. The molecular formula is C19H21FN2O4S. The fourth-order valence-electron chi connectivity index (χ4n) is 3.12.